The molecule has 5 rings (SSSR count). The number of amides is 1. The average Bonchev–Trinajstić information content (AvgIpc) is 3.74. The van der Waals surface area contributed by atoms with Crippen molar-refractivity contribution in [3.05, 3.63) is 90.1 Å². The summed E-state index contributed by atoms with van der Waals surface area (Å²) in [6.45, 7) is 12.2. The SMILES string of the molecule is Cc1ccnc(NCCCC(=O)N2CCC[C@H]2C(=O)C[C@@H](CC(=O)O)c2ccc(-c3ccc(OCCOCCOCCOCCOCCC(C)C)c4ccccc34)cc2)c1. The van der Waals surface area contributed by atoms with Gasteiger partial charge in [-0.2, -0.15) is 0 Å². The Hall–Kier alpha value is -4.88. The average molecular weight is 826 g/mol. The number of rotatable bonds is 28. The fourth-order valence-electron chi connectivity index (χ4n) is 7.41. The van der Waals surface area contributed by atoms with E-state index in [4.69, 9.17) is 23.7 Å². The van der Waals surface area contributed by atoms with Gasteiger partial charge in [0.25, 0.3) is 0 Å². The highest BCUT2D eigenvalue weighted by molar-refractivity contribution is 6.00. The number of Topliss-reactive ketones (excluding diaryl/α,β-unsaturated/α-hetero) is 1. The highest BCUT2D eigenvalue weighted by Gasteiger charge is 2.35. The molecule has 1 aromatic heterocycles. The van der Waals surface area contributed by atoms with Crippen LogP contribution in [0.4, 0.5) is 5.82 Å². The summed E-state index contributed by atoms with van der Waals surface area (Å²) >= 11 is 0. The first kappa shape index (κ1) is 46.2. The van der Waals surface area contributed by atoms with Gasteiger partial charge in [0, 0.05) is 50.0 Å². The van der Waals surface area contributed by atoms with Crippen molar-refractivity contribution in [2.75, 3.05) is 77.9 Å². The molecule has 0 saturated carbocycles. The van der Waals surface area contributed by atoms with Gasteiger partial charge in [0.2, 0.25) is 5.91 Å². The maximum absolute atomic E-state index is 13.7. The fourth-order valence-corrected chi connectivity index (χ4v) is 7.41. The summed E-state index contributed by atoms with van der Waals surface area (Å²) in [5.74, 6) is 0.547. The summed E-state index contributed by atoms with van der Waals surface area (Å²) in [6.07, 6.45) is 4.96. The van der Waals surface area contributed by atoms with Crippen molar-refractivity contribution in [2.24, 2.45) is 5.92 Å². The number of hydrogen-bond acceptors (Lipinski definition) is 10. The number of fused-ring (bicyclic) bond motifs is 1. The molecule has 12 heteroatoms. The zero-order chi connectivity index (χ0) is 42.5. The van der Waals surface area contributed by atoms with Gasteiger partial charge < -0.3 is 39.0 Å². The summed E-state index contributed by atoms with van der Waals surface area (Å²) in [7, 11) is 0. The number of carboxylic acid groups (broad SMARTS) is 1. The number of hydrogen-bond donors (Lipinski definition) is 2. The predicted octanol–water partition coefficient (Wildman–Crippen LogP) is 8.10. The summed E-state index contributed by atoms with van der Waals surface area (Å²) < 4.78 is 28.5. The number of aliphatic carboxylic acids is 1. The smallest absolute Gasteiger partial charge is 0.303 e. The number of ketones is 1. The molecule has 1 saturated heterocycles. The lowest BCUT2D eigenvalue weighted by atomic mass is 9.87. The van der Waals surface area contributed by atoms with Gasteiger partial charge in [0.05, 0.1) is 58.7 Å². The van der Waals surface area contributed by atoms with Crippen LogP contribution < -0.4 is 10.1 Å². The van der Waals surface area contributed by atoms with E-state index < -0.39 is 17.9 Å². The molecule has 1 aliphatic heterocycles. The van der Waals surface area contributed by atoms with E-state index in [9.17, 15) is 19.5 Å². The lowest BCUT2D eigenvalue weighted by molar-refractivity contribution is -0.139. The topological polar surface area (TPSA) is 146 Å². The Balaban J connectivity index is 1.08. The summed E-state index contributed by atoms with van der Waals surface area (Å²) in [5, 5.41) is 15.1. The quantitative estimate of drug-likeness (QED) is 0.0536. The predicted molar refractivity (Wildman–Crippen MR) is 234 cm³/mol. The second-order valence-corrected chi connectivity index (χ2v) is 15.7. The van der Waals surface area contributed by atoms with Crippen molar-refractivity contribution in [1.29, 1.82) is 0 Å². The number of aryl methyl sites for hydroxylation is 1. The van der Waals surface area contributed by atoms with Crippen molar-refractivity contribution in [3.63, 3.8) is 0 Å². The molecule has 0 aliphatic carbocycles. The highest BCUT2D eigenvalue weighted by atomic mass is 16.6. The van der Waals surface area contributed by atoms with E-state index in [0.29, 0.717) is 91.1 Å². The van der Waals surface area contributed by atoms with E-state index in [1.54, 1.807) is 11.1 Å². The molecule has 60 heavy (non-hydrogen) atoms. The Bertz CT molecular complexity index is 1940. The summed E-state index contributed by atoms with van der Waals surface area (Å²) in [5.41, 5.74) is 3.86. The van der Waals surface area contributed by atoms with Gasteiger partial charge in [-0.15, -0.1) is 0 Å². The number of nitrogens with zero attached hydrogens (tertiary/aromatic N) is 2. The van der Waals surface area contributed by atoms with Gasteiger partial charge in [-0.25, -0.2) is 4.98 Å². The number of anilines is 1. The molecular formula is C48H63N3O9. The van der Waals surface area contributed by atoms with Crippen LogP contribution in [-0.4, -0.2) is 111 Å². The highest BCUT2D eigenvalue weighted by Crippen LogP contribution is 2.36. The monoisotopic (exact) mass is 825 g/mol. The molecule has 2 atom stereocenters. The first-order valence-electron chi connectivity index (χ1n) is 21.5. The van der Waals surface area contributed by atoms with Gasteiger partial charge in [-0.3, -0.25) is 14.4 Å². The number of carboxylic acids is 1. The van der Waals surface area contributed by atoms with Crippen LogP contribution in [-0.2, 0) is 33.3 Å². The molecular weight excluding hydrogens is 763 g/mol. The van der Waals surface area contributed by atoms with Crippen LogP contribution in [0.5, 0.6) is 5.75 Å². The Labute approximate surface area is 354 Å². The molecule has 324 valence electrons. The van der Waals surface area contributed by atoms with Gasteiger partial charge in [0.1, 0.15) is 18.2 Å². The number of likely N-dealkylation sites (tertiary alicyclic amines) is 1. The second kappa shape index (κ2) is 25.0. The van der Waals surface area contributed by atoms with E-state index in [1.165, 1.54) is 0 Å². The Morgan fingerprint density at radius 3 is 2.15 bits per heavy atom. The molecule has 2 N–H and O–H groups in total. The van der Waals surface area contributed by atoms with E-state index in [0.717, 1.165) is 64.0 Å². The normalized spacial score (nSPS) is 14.5. The molecule has 12 nitrogen and oxygen atoms in total. The van der Waals surface area contributed by atoms with Crippen LogP contribution in [0.15, 0.2) is 79.0 Å². The van der Waals surface area contributed by atoms with Gasteiger partial charge >= 0.3 is 5.97 Å². The molecule has 0 bridgehead atoms. The van der Waals surface area contributed by atoms with E-state index in [-0.39, 0.29) is 24.5 Å². The van der Waals surface area contributed by atoms with E-state index in [2.05, 4.69) is 30.2 Å². The number of aromatic nitrogens is 1. The van der Waals surface area contributed by atoms with Gasteiger partial charge in [-0.1, -0.05) is 68.4 Å². The first-order chi connectivity index (χ1) is 29.2. The summed E-state index contributed by atoms with van der Waals surface area (Å²) in [4.78, 5) is 45.0. The number of ether oxygens (including phenoxy) is 5. The molecule has 3 aromatic carbocycles. The van der Waals surface area contributed by atoms with Crippen molar-refractivity contribution < 1.29 is 43.2 Å². The number of carbonyl (C=O) groups is 3. The van der Waals surface area contributed by atoms with E-state index in [1.807, 2.05) is 73.7 Å². The van der Waals surface area contributed by atoms with Crippen LogP contribution in [0.1, 0.15) is 75.8 Å². The second-order valence-electron chi connectivity index (χ2n) is 15.7. The zero-order valence-electron chi connectivity index (χ0n) is 35.6. The zero-order valence-corrected chi connectivity index (χ0v) is 35.6. The largest absolute Gasteiger partial charge is 0.491 e. The van der Waals surface area contributed by atoms with Crippen molar-refractivity contribution in [2.45, 2.75) is 77.7 Å². The van der Waals surface area contributed by atoms with Gasteiger partial charge in [0.15, 0.2) is 5.78 Å². The molecule has 2 heterocycles. The fraction of sp³-hybridized carbons (Fsp3) is 0.500. The number of carbonyl (C=O) groups excluding carboxylic acids is 2. The third kappa shape index (κ3) is 15.0. The molecule has 1 fully saturated rings. The molecule has 0 unspecified atom stereocenters. The summed E-state index contributed by atoms with van der Waals surface area (Å²) in [6, 6.07) is 23.2. The number of pyridine rings is 1. The lowest BCUT2D eigenvalue weighted by Crippen LogP contribution is -2.41. The Kier molecular flexibility index (Phi) is 19.3. The van der Waals surface area contributed by atoms with Crippen LogP contribution in [0.2, 0.25) is 0 Å². The van der Waals surface area contributed by atoms with Crippen LogP contribution >= 0.6 is 0 Å². The third-order valence-corrected chi connectivity index (χ3v) is 10.6. The molecule has 4 aromatic rings. The van der Waals surface area contributed by atoms with Gasteiger partial charge in [-0.05, 0) is 84.4 Å². The number of benzene rings is 3. The van der Waals surface area contributed by atoms with Crippen LogP contribution in [0.25, 0.3) is 21.9 Å². The molecule has 1 amide bonds. The molecule has 1 aliphatic rings. The van der Waals surface area contributed by atoms with Crippen molar-refractivity contribution in [3.8, 4) is 16.9 Å². The van der Waals surface area contributed by atoms with Crippen molar-refractivity contribution >= 4 is 34.3 Å². The minimum Gasteiger partial charge on any atom is -0.491 e. The Morgan fingerprint density at radius 2 is 1.48 bits per heavy atom. The van der Waals surface area contributed by atoms with Crippen LogP contribution in [0.3, 0.4) is 0 Å². The molecule has 0 radical (unpaired) electrons. The first-order valence-corrected chi connectivity index (χ1v) is 21.5. The minimum absolute atomic E-state index is 0.0472. The molecule has 0 spiro atoms. The number of nitrogens with one attached hydrogen (secondary N) is 1. The Morgan fingerprint density at radius 1 is 0.817 bits per heavy atom. The standard InChI is InChI=1S/C48H63N3O9/c1-35(2)19-23-56-24-25-57-26-27-58-28-29-59-30-31-60-45-17-16-40(41-8-4-5-9-42(41)45)38-14-12-37(13-15-38)39(34-48(54)55)33-44(52)43-10-7-22-51(43)47(53)11-6-20-49-46-32-36(3)18-21-50-46/h4-5,8-9,12-18,21,32,35,39,43H,6-7,10-11,19-20,22-31,33-34H2,1-3H3,(H,49,50)(H,54,55)/t39-,43-/m0/s1. The third-order valence-electron chi connectivity index (χ3n) is 10.6. The van der Waals surface area contributed by atoms with Crippen molar-refractivity contribution in [1.82, 2.24) is 9.88 Å². The van der Waals surface area contributed by atoms with E-state index >= 15 is 0 Å². The minimum atomic E-state index is -0.970. The maximum atomic E-state index is 13.7. The lowest BCUT2D eigenvalue weighted by Gasteiger charge is -2.25. The van der Waals surface area contributed by atoms with Crippen LogP contribution in [0, 0.1) is 12.8 Å². The maximum Gasteiger partial charge on any atom is 0.303 e.